The summed E-state index contributed by atoms with van der Waals surface area (Å²) in [5, 5.41) is 4.91. The molecule has 0 N–H and O–H groups in total. The molecule has 2 aliphatic carbocycles. The van der Waals surface area contributed by atoms with Crippen LogP contribution in [0.5, 0.6) is 11.5 Å². The maximum Gasteiger partial charge on any atom is 0.188 e. The Labute approximate surface area is 326 Å². The number of aryl methyl sites for hydroxylation is 2. The van der Waals surface area contributed by atoms with E-state index in [4.69, 9.17) is 18.9 Å². The van der Waals surface area contributed by atoms with E-state index in [0.29, 0.717) is 6.79 Å². The van der Waals surface area contributed by atoms with Crippen LogP contribution in [0.2, 0.25) is 0 Å². The van der Waals surface area contributed by atoms with Crippen LogP contribution in [-0.4, -0.2) is 27.8 Å². The minimum atomic E-state index is 0. The number of para-hydroxylation sites is 2. The van der Waals surface area contributed by atoms with Gasteiger partial charge in [0.25, 0.3) is 0 Å². The van der Waals surface area contributed by atoms with Crippen LogP contribution in [0.15, 0.2) is 109 Å². The summed E-state index contributed by atoms with van der Waals surface area (Å²) in [7, 11) is 3.31. The molecule has 0 spiro atoms. The van der Waals surface area contributed by atoms with E-state index in [1.807, 2.05) is 45.9 Å². The minimum absolute atomic E-state index is 0. The van der Waals surface area contributed by atoms with Crippen molar-refractivity contribution in [2.45, 2.75) is 93.9 Å². The first kappa shape index (κ1) is 43.8. The number of ether oxygens (including phenoxy) is 4. The van der Waals surface area contributed by atoms with Gasteiger partial charge in [-0.3, -0.25) is 0 Å². The lowest BCUT2D eigenvalue weighted by molar-refractivity contribution is 0.0514. The molecule has 0 atom stereocenters. The third kappa shape index (κ3) is 9.91. The van der Waals surface area contributed by atoms with E-state index in [0.717, 1.165) is 17.1 Å². The predicted octanol–water partition coefficient (Wildman–Crippen LogP) is 14.1. The summed E-state index contributed by atoms with van der Waals surface area (Å²) in [5.41, 5.74) is 11.3. The molecule has 0 aromatic heterocycles. The third-order valence-corrected chi connectivity index (χ3v) is 9.72. The molecule has 0 radical (unpaired) electrons. The first-order chi connectivity index (χ1) is 25.8. The normalized spacial score (nSPS) is 12.4. The molecular formula is C50H64O4. The van der Waals surface area contributed by atoms with Gasteiger partial charge in [0.1, 0.15) is 11.5 Å². The fourth-order valence-electron chi connectivity index (χ4n) is 7.61. The smallest absolute Gasteiger partial charge is 0.188 e. The molecule has 6 aromatic rings. The lowest BCUT2D eigenvalue weighted by atomic mass is 9.77. The summed E-state index contributed by atoms with van der Waals surface area (Å²) in [6, 6.07) is 38.4. The summed E-state index contributed by atoms with van der Waals surface area (Å²) < 4.78 is 21.9. The van der Waals surface area contributed by atoms with Crippen LogP contribution in [0.4, 0.5) is 0 Å². The van der Waals surface area contributed by atoms with Crippen molar-refractivity contribution in [1.82, 2.24) is 0 Å². The molecule has 4 nitrogen and oxygen atoms in total. The number of hydrogen-bond acceptors (Lipinski definition) is 4. The zero-order chi connectivity index (χ0) is 36.7. The second-order valence-corrected chi connectivity index (χ2v) is 12.7. The van der Waals surface area contributed by atoms with Crippen molar-refractivity contribution in [3.63, 3.8) is 0 Å². The van der Waals surface area contributed by atoms with Crippen molar-refractivity contribution in [2.75, 3.05) is 27.8 Å². The van der Waals surface area contributed by atoms with Crippen LogP contribution in [0.3, 0.4) is 0 Å². The monoisotopic (exact) mass is 728 g/mol. The second kappa shape index (κ2) is 22.5. The van der Waals surface area contributed by atoms with E-state index in [1.165, 1.54) is 89.6 Å². The van der Waals surface area contributed by atoms with E-state index in [-0.39, 0.29) is 21.6 Å². The van der Waals surface area contributed by atoms with Crippen LogP contribution < -0.4 is 9.47 Å². The molecule has 0 fully saturated rings. The Bertz CT molecular complexity index is 1940. The van der Waals surface area contributed by atoms with Gasteiger partial charge in [0.2, 0.25) is 0 Å². The van der Waals surface area contributed by atoms with Crippen LogP contribution >= 0.6 is 0 Å². The molecule has 6 aromatic carbocycles. The Kier molecular flexibility index (Phi) is 18.3. The van der Waals surface area contributed by atoms with Crippen LogP contribution in [0.1, 0.15) is 90.5 Å². The van der Waals surface area contributed by atoms with Gasteiger partial charge in [0.05, 0.1) is 0 Å². The largest absolute Gasteiger partial charge is 0.467 e. The topological polar surface area (TPSA) is 36.9 Å². The average molecular weight is 729 g/mol. The Morgan fingerprint density at radius 2 is 0.833 bits per heavy atom. The van der Waals surface area contributed by atoms with Gasteiger partial charge in [-0.05, 0) is 119 Å². The lowest BCUT2D eigenvalue weighted by Gasteiger charge is -2.28. The van der Waals surface area contributed by atoms with Gasteiger partial charge in [0.15, 0.2) is 13.6 Å². The zero-order valence-electron chi connectivity index (χ0n) is 32.1. The Balaban J connectivity index is 0.000000257. The molecule has 0 saturated carbocycles. The summed E-state index contributed by atoms with van der Waals surface area (Å²) in [6.07, 6.45) is 10.1. The SMILES string of the molecule is C.C.CC.CC.COCOc1ccccc1-c1c2c(cc3c1CCCC3)CCCC2.COCOc1ccccc1-c1c2ccccc2cc2ccccc12. The zero-order valence-corrected chi connectivity index (χ0v) is 32.1. The highest BCUT2D eigenvalue weighted by Crippen LogP contribution is 2.43. The van der Waals surface area contributed by atoms with Crippen LogP contribution in [0, 0.1) is 0 Å². The van der Waals surface area contributed by atoms with E-state index in [1.54, 1.807) is 36.5 Å². The van der Waals surface area contributed by atoms with Crippen molar-refractivity contribution in [2.24, 2.45) is 0 Å². The molecule has 54 heavy (non-hydrogen) atoms. The first-order valence-electron chi connectivity index (χ1n) is 19.3. The molecule has 0 saturated heterocycles. The minimum Gasteiger partial charge on any atom is -0.467 e. The maximum absolute atomic E-state index is 5.90. The van der Waals surface area contributed by atoms with E-state index < -0.39 is 0 Å². The van der Waals surface area contributed by atoms with Crippen molar-refractivity contribution in [1.29, 1.82) is 0 Å². The van der Waals surface area contributed by atoms with Gasteiger partial charge in [-0.15, -0.1) is 0 Å². The predicted molar refractivity (Wildman–Crippen MR) is 233 cm³/mol. The van der Waals surface area contributed by atoms with Crippen molar-refractivity contribution < 1.29 is 18.9 Å². The summed E-state index contributed by atoms with van der Waals surface area (Å²) in [5.74, 6) is 1.78. The van der Waals surface area contributed by atoms with E-state index in [2.05, 4.69) is 91.0 Å². The maximum atomic E-state index is 5.90. The van der Waals surface area contributed by atoms with Gasteiger partial charge in [-0.1, -0.05) is 134 Å². The van der Waals surface area contributed by atoms with E-state index >= 15 is 0 Å². The highest BCUT2D eigenvalue weighted by atomic mass is 16.7. The summed E-state index contributed by atoms with van der Waals surface area (Å²) in [6.45, 7) is 8.54. The van der Waals surface area contributed by atoms with Crippen molar-refractivity contribution in [3.05, 3.63) is 131 Å². The molecule has 288 valence electrons. The van der Waals surface area contributed by atoms with Gasteiger partial charge in [-0.2, -0.15) is 0 Å². The van der Waals surface area contributed by atoms with Gasteiger partial charge >= 0.3 is 0 Å². The molecule has 0 amide bonds. The lowest BCUT2D eigenvalue weighted by Crippen LogP contribution is -2.13. The molecule has 2 aliphatic rings. The fourth-order valence-corrected chi connectivity index (χ4v) is 7.61. The Morgan fingerprint density at radius 1 is 0.444 bits per heavy atom. The number of hydrogen-bond donors (Lipinski definition) is 0. The number of rotatable bonds is 8. The molecule has 8 rings (SSSR count). The highest BCUT2D eigenvalue weighted by Gasteiger charge is 2.24. The molecular weight excluding hydrogens is 665 g/mol. The molecule has 0 bridgehead atoms. The van der Waals surface area contributed by atoms with Crippen LogP contribution in [-0.2, 0) is 35.2 Å². The molecule has 0 aliphatic heterocycles. The summed E-state index contributed by atoms with van der Waals surface area (Å²) >= 11 is 0. The van der Waals surface area contributed by atoms with Crippen LogP contribution in [0.25, 0.3) is 43.8 Å². The Hall–Kier alpha value is -4.64. The average Bonchev–Trinajstić information content (AvgIpc) is 3.22. The number of methoxy groups -OCH3 is 2. The quantitative estimate of drug-likeness (QED) is 0.115. The van der Waals surface area contributed by atoms with Gasteiger partial charge < -0.3 is 18.9 Å². The second-order valence-electron chi connectivity index (χ2n) is 12.7. The Morgan fingerprint density at radius 3 is 1.30 bits per heavy atom. The standard InChI is InChI=1S/C22H26O2.C22H18O2.2C2H6.2CH4/c2*1-23-15-24-21-13-7-6-12-20(21)22-18-10-4-2-8-16(18)14-17-9-3-5-11-19(17)22;2*1-2;;/h6-7,12-14H,2-5,8-11,15H2,1H3;2-14H,15H2,1H3;2*1-2H3;2*1H4. The van der Waals surface area contributed by atoms with Gasteiger partial charge in [0, 0.05) is 30.9 Å². The fraction of sp³-hybridized carbons (Fsp3) is 0.360. The summed E-state index contributed by atoms with van der Waals surface area (Å²) in [4.78, 5) is 0. The van der Waals surface area contributed by atoms with Crippen molar-refractivity contribution >= 4 is 21.5 Å². The van der Waals surface area contributed by atoms with Gasteiger partial charge in [-0.25, -0.2) is 0 Å². The highest BCUT2D eigenvalue weighted by molar-refractivity contribution is 6.13. The van der Waals surface area contributed by atoms with Crippen molar-refractivity contribution in [3.8, 4) is 33.8 Å². The molecule has 4 heteroatoms. The number of fused-ring (bicyclic) bond motifs is 4. The first-order valence-corrected chi connectivity index (χ1v) is 19.3. The molecule has 0 heterocycles. The van der Waals surface area contributed by atoms with E-state index in [9.17, 15) is 0 Å². The molecule has 0 unspecified atom stereocenters. The third-order valence-electron chi connectivity index (χ3n) is 9.72. The number of benzene rings is 6.